The minimum absolute atomic E-state index is 0.454. The molecule has 8 nitrogen and oxygen atoms in total. The number of rotatable bonds is 3. The van der Waals surface area contributed by atoms with Crippen LogP contribution in [-0.4, -0.2) is 39.1 Å². The molecule has 2 atom stereocenters. The van der Waals surface area contributed by atoms with Gasteiger partial charge in [-0.1, -0.05) is 0 Å². The Labute approximate surface area is 150 Å². The molecule has 132 valence electrons. The molecule has 0 unspecified atom stereocenters. The summed E-state index contributed by atoms with van der Waals surface area (Å²) in [6.45, 7) is 1.96. The lowest BCUT2D eigenvalue weighted by Crippen LogP contribution is -1.98. The summed E-state index contributed by atoms with van der Waals surface area (Å²) in [6, 6.07) is 2.14. The number of fused-ring (bicyclic) bond motifs is 1. The topological polar surface area (TPSA) is 79.2 Å². The van der Waals surface area contributed by atoms with Crippen molar-refractivity contribution in [2.75, 3.05) is 0 Å². The summed E-state index contributed by atoms with van der Waals surface area (Å²) in [5.41, 5.74) is 5.67. The van der Waals surface area contributed by atoms with Gasteiger partial charge in [0.25, 0.3) is 0 Å². The van der Waals surface area contributed by atoms with E-state index in [1.54, 1.807) is 6.20 Å². The van der Waals surface area contributed by atoms with E-state index in [1.807, 2.05) is 48.2 Å². The molecular formula is C18H20N8. The summed E-state index contributed by atoms with van der Waals surface area (Å²) in [4.78, 5) is 13.7. The maximum atomic E-state index is 4.76. The molecule has 0 aromatic carbocycles. The van der Waals surface area contributed by atoms with Crippen LogP contribution in [0.5, 0.6) is 0 Å². The second kappa shape index (κ2) is 5.23. The molecule has 0 N–H and O–H groups in total. The van der Waals surface area contributed by atoms with Gasteiger partial charge in [-0.05, 0) is 30.9 Å². The highest BCUT2D eigenvalue weighted by atomic mass is 15.3. The van der Waals surface area contributed by atoms with E-state index in [2.05, 4.69) is 27.3 Å². The third-order valence-corrected chi connectivity index (χ3v) is 5.29. The van der Waals surface area contributed by atoms with Crippen LogP contribution in [0.4, 0.5) is 0 Å². The van der Waals surface area contributed by atoms with Crippen molar-refractivity contribution in [3.8, 4) is 11.4 Å². The Bertz CT molecular complexity index is 1130. The summed E-state index contributed by atoms with van der Waals surface area (Å²) < 4.78 is 5.71. The molecule has 1 saturated carbocycles. The maximum Gasteiger partial charge on any atom is 0.197 e. The van der Waals surface area contributed by atoms with Crippen molar-refractivity contribution < 1.29 is 0 Å². The van der Waals surface area contributed by atoms with Crippen LogP contribution < -0.4 is 0 Å². The first-order valence-corrected chi connectivity index (χ1v) is 8.70. The SMILES string of the molecule is Cc1nc2ncc(-c3cc([C@H]4C[C@@H]4c4cnn(C)c4)nn3C)nc2n1C. The summed E-state index contributed by atoms with van der Waals surface area (Å²) >= 11 is 0. The predicted molar refractivity (Wildman–Crippen MR) is 96.6 cm³/mol. The van der Waals surface area contributed by atoms with E-state index in [4.69, 9.17) is 10.1 Å². The van der Waals surface area contributed by atoms with Crippen molar-refractivity contribution >= 4 is 11.3 Å². The van der Waals surface area contributed by atoms with Crippen LogP contribution in [0.3, 0.4) is 0 Å². The Balaban J connectivity index is 1.49. The zero-order valence-electron chi connectivity index (χ0n) is 15.2. The Morgan fingerprint density at radius 1 is 1.08 bits per heavy atom. The standard InChI is InChI=1S/C18H20N8/c1-10-21-17-18(25(10)3)22-15(8-19-17)16-6-14(23-26(16)4)13-5-12(13)11-7-20-24(2)9-11/h6-9,12-13H,5H2,1-4H3/t12-,13+/m1/s1. The van der Waals surface area contributed by atoms with Crippen LogP contribution in [0.2, 0.25) is 0 Å². The van der Waals surface area contributed by atoms with E-state index < -0.39 is 0 Å². The molecule has 4 heterocycles. The average molecular weight is 348 g/mol. The van der Waals surface area contributed by atoms with Crippen molar-refractivity contribution in [3.63, 3.8) is 0 Å². The van der Waals surface area contributed by atoms with Crippen molar-refractivity contribution in [1.29, 1.82) is 0 Å². The zero-order chi connectivity index (χ0) is 18.0. The molecule has 1 fully saturated rings. The van der Waals surface area contributed by atoms with Gasteiger partial charge in [-0.2, -0.15) is 10.2 Å². The molecule has 26 heavy (non-hydrogen) atoms. The number of aryl methyl sites for hydroxylation is 4. The first-order valence-electron chi connectivity index (χ1n) is 8.70. The smallest absolute Gasteiger partial charge is 0.197 e. The van der Waals surface area contributed by atoms with Gasteiger partial charge in [-0.25, -0.2) is 15.0 Å². The van der Waals surface area contributed by atoms with Gasteiger partial charge in [0.15, 0.2) is 11.3 Å². The molecule has 5 rings (SSSR count). The van der Waals surface area contributed by atoms with E-state index in [1.165, 1.54) is 5.56 Å². The van der Waals surface area contributed by atoms with E-state index >= 15 is 0 Å². The second-order valence-electron chi connectivity index (χ2n) is 7.09. The van der Waals surface area contributed by atoms with Crippen LogP contribution in [0.15, 0.2) is 24.7 Å². The van der Waals surface area contributed by atoms with Crippen molar-refractivity contribution in [2.24, 2.45) is 21.1 Å². The van der Waals surface area contributed by atoms with Gasteiger partial charge in [0.1, 0.15) is 11.5 Å². The minimum Gasteiger partial charge on any atom is -0.315 e. The van der Waals surface area contributed by atoms with Crippen molar-refractivity contribution in [2.45, 2.75) is 25.2 Å². The third-order valence-electron chi connectivity index (χ3n) is 5.29. The van der Waals surface area contributed by atoms with Crippen LogP contribution >= 0.6 is 0 Å². The van der Waals surface area contributed by atoms with Crippen LogP contribution in [-0.2, 0) is 21.1 Å². The third kappa shape index (κ3) is 2.25. The van der Waals surface area contributed by atoms with Gasteiger partial charge in [-0.15, -0.1) is 0 Å². The Morgan fingerprint density at radius 2 is 1.92 bits per heavy atom. The Hall–Kier alpha value is -3.03. The molecule has 0 amide bonds. The summed E-state index contributed by atoms with van der Waals surface area (Å²) in [7, 11) is 5.87. The molecule has 1 aliphatic carbocycles. The normalized spacial score (nSPS) is 19.4. The zero-order valence-corrected chi connectivity index (χ0v) is 15.2. The lowest BCUT2D eigenvalue weighted by molar-refractivity contribution is 0.744. The molecule has 0 aliphatic heterocycles. The molecular weight excluding hydrogens is 328 g/mol. The lowest BCUT2D eigenvalue weighted by Gasteiger charge is -2.01. The van der Waals surface area contributed by atoms with Gasteiger partial charge in [0, 0.05) is 33.3 Å². The Kier molecular flexibility index (Phi) is 3.07. The maximum absolute atomic E-state index is 4.76. The molecule has 0 spiro atoms. The number of aromatic nitrogens is 8. The number of imidazole rings is 1. The van der Waals surface area contributed by atoms with E-state index in [0.29, 0.717) is 17.5 Å². The van der Waals surface area contributed by atoms with Crippen LogP contribution in [0, 0.1) is 6.92 Å². The fourth-order valence-electron chi connectivity index (χ4n) is 3.61. The van der Waals surface area contributed by atoms with Crippen molar-refractivity contribution in [3.05, 3.63) is 41.7 Å². The molecule has 4 aromatic rings. The molecule has 0 saturated heterocycles. The number of hydrogen-bond acceptors (Lipinski definition) is 5. The largest absolute Gasteiger partial charge is 0.315 e. The molecule has 8 heteroatoms. The van der Waals surface area contributed by atoms with Gasteiger partial charge in [0.05, 0.1) is 23.8 Å². The highest BCUT2D eigenvalue weighted by Gasteiger charge is 2.42. The molecule has 0 bridgehead atoms. The minimum atomic E-state index is 0.454. The number of nitrogens with zero attached hydrogens (tertiary/aromatic N) is 8. The fourth-order valence-corrected chi connectivity index (χ4v) is 3.61. The number of hydrogen-bond donors (Lipinski definition) is 0. The second-order valence-corrected chi connectivity index (χ2v) is 7.09. The monoisotopic (exact) mass is 348 g/mol. The first-order chi connectivity index (χ1) is 12.5. The van der Waals surface area contributed by atoms with Gasteiger partial charge in [-0.3, -0.25) is 9.36 Å². The highest BCUT2D eigenvalue weighted by molar-refractivity contribution is 5.70. The van der Waals surface area contributed by atoms with E-state index in [9.17, 15) is 0 Å². The summed E-state index contributed by atoms with van der Waals surface area (Å²) in [5.74, 6) is 1.87. The summed E-state index contributed by atoms with van der Waals surface area (Å²) in [6.07, 6.45) is 6.95. The molecule has 1 aliphatic rings. The first kappa shape index (κ1) is 15.2. The van der Waals surface area contributed by atoms with E-state index in [0.717, 1.165) is 35.0 Å². The van der Waals surface area contributed by atoms with Crippen LogP contribution in [0.1, 0.15) is 35.3 Å². The molecule has 4 aromatic heterocycles. The molecule has 0 radical (unpaired) electrons. The lowest BCUT2D eigenvalue weighted by atomic mass is 10.1. The summed E-state index contributed by atoms with van der Waals surface area (Å²) in [5, 5.41) is 9.02. The van der Waals surface area contributed by atoms with Gasteiger partial charge < -0.3 is 4.57 Å². The predicted octanol–water partition coefficient (Wildman–Crippen LogP) is 2.08. The quantitative estimate of drug-likeness (QED) is 0.566. The van der Waals surface area contributed by atoms with Crippen molar-refractivity contribution in [1.82, 2.24) is 39.1 Å². The highest BCUT2D eigenvalue weighted by Crippen LogP contribution is 2.54. The Morgan fingerprint density at radius 3 is 2.69 bits per heavy atom. The van der Waals surface area contributed by atoms with Gasteiger partial charge in [0.2, 0.25) is 0 Å². The average Bonchev–Trinajstić information content (AvgIpc) is 3.01. The van der Waals surface area contributed by atoms with E-state index in [-0.39, 0.29) is 0 Å². The van der Waals surface area contributed by atoms with Gasteiger partial charge >= 0.3 is 0 Å². The fraction of sp³-hybridized carbons (Fsp3) is 0.389. The van der Waals surface area contributed by atoms with Crippen LogP contribution in [0.25, 0.3) is 22.7 Å².